The fourth-order valence-corrected chi connectivity index (χ4v) is 6.19. The summed E-state index contributed by atoms with van der Waals surface area (Å²) < 4.78 is 11.5. The number of hydrogen-bond donors (Lipinski definition) is 1. The minimum Gasteiger partial charge on any atom is -0.489 e. The maximum Gasteiger partial charge on any atom is 0.336 e. The molecule has 3 aromatic rings. The molecule has 208 valence electrons. The molecule has 1 atom stereocenters. The molecular weight excluding hydrogens is 536 g/mol. The fraction of sp³-hybridized carbons (Fsp3) is 0.250. The molecule has 0 aliphatic carbocycles. The molecule has 1 aromatic heterocycles. The van der Waals surface area contributed by atoms with Crippen molar-refractivity contribution in [3.63, 3.8) is 0 Å². The van der Waals surface area contributed by atoms with E-state index in [0.717, 1.165) is 23.2 Å². The summed E-state index contributed by atoms with van der Waals surface area (Å²) in [7, 11) is 0. The summed E-state index contributed by atoms with van der Waals surface area (Å²) in [5, 5.41) is 10.9. The largest absolute Gasteiger partial charge is 0.489 e. The number of hydrogen-bond acceptors (Lipinski definition) is 8. The Morgan fingerprint density at radius 1 is 1.17 bits per heavy atom. The number of pyridine rings is 1. The number of allylic oxidation sites excluding steroid dienone is 1. The van der Waals surface area contributed by atoms with Crippen molar-refractivity contribution in [3.8, 4) is 11.8 Å². The Hall–Kier alpha value is -4.55. The first-order valence-electron chi connectivity index (χ1n) is 13.4. The van der Waals surface area contributed by atoms with Crippen molar-refractivity contribution in [2.24, 2.45) is 5.73 Å². The van der Waals surface area contributed by atoms with Crippen LogP contribution in [0.4, 0.5) is 0 Å². The minimum absolute atomic E-state index is 0.00757. The van der Waals surface area contributed by atoms with E-state index in [-0.39, 0.29) is 29.3 Å². The predicted octanol–water partition coefficient (Wildman–Crippen LogP) is 5.39. The van der Waals surface area contributed by atoms with E-state index in [1.54, 1.807) is 13.0 Å². The first-order chi connectivity index (χ1) is 19.9. The number of ether oxygens (including phenoxy) is 2. The van der Waals surface area contributed by atoms with Gasteiger partial charge in [0, 0.05) is 17.1 Å². The first-order valence-corrected chi connectivity index (χ1v) is 14.4. The third kappa shape index (κ3) is 5.31. The van der Waals surface area contributed by atoms with Crippen LogP contribution in [0.1, 0.15) is 52.5 Å². The van der Waals surface area contributed by atoms with Crippen LogP contribution in [0.2, 0.25) is 0 Å². The average Bonchev–Trinajstić information content (AvgIpc) is 3.12. The van der Waals surface area contributed by atoms with Gasteiger partial charge in [0.15, 0.2) is 0 Å². The van der Waals surface area contributed by atoms with Crippen LogP contribution in [-0.2, 0) is 22.6 Å². The third-order valence-corrected chi connectivity index (χ3v) is 8.13. The molecule has 5 rings (SSSR count). The molecule has 2 aliphatic heterocycles. The van der Waals surface area contributed by atoms with Gasteiger partial charge in [-0.25, -0.2) is 9.78 Å². The number of esters is 1. The second kappa shape index (κ2) is 11.9. The van der Waals surface area contributed by atoms with Crippen molar-refractivity contribution in [1.29, 1.82) is 5.26 Å². The number of thioether (sulfide) groups is 1. The molecule has 2 N–H and O–H groups in total. The number of amides is 1. The highest BCUT2D eigenvalue weighted by Gasteiger charge is 2.43. The highest BCUT2D eigenvalue weighted by Crippen LogP contribution is 2.45. The molecule has 0 saturated heterocycles. The summed E-state index contributed by atoms with van der Waals surface area (Å²) in [5.74, 6) is -1.07. The van der Waals surface area contributed by atoms with Crippen LogP contribution in [-0.4, -0.2) is 34.1 Å². The van der Waals surface area contributed by atoms with Gasteiger partial charge >= 0.3 is 5.97 Å². The van der Waals surface area contributed by atoms with Crippen LogP contribution in [0.5, 0.6) is 5.75 Å². The third-order valence-electron chi connectivity index (χ3n) is 7.13. The Morgan fingerprint density at radius 3 is 2.66 bits per heavy atom. The number of rotatable bonds is 7. The summed E-state index contributed by atoms with van der Waals surface area (Å²) in [6.07, 6.45) is 0.722. The number of carbonyl (C=O) groups is 2. The maximum atomic E-state index is 14.0. The number of nitrogens with zero attached hydrogens (tertiary/aromatic N) is 3. The number of aromatic nitrogens is 1. The Bertz CT molecular complexity index is 1620. The summed E-state index contributed by atoms with van der Waals surface area (Å²) in [6.45, 7) is 6.12. The first kappa shape index (κ1) is 28.0. The summed E-state index contributed by atoms with van der Waals surface area (Å²) >= 11 is 1.37. The lowest BCUT2D eigenvalue weighted by molar-refractivity contribution is -0.138. The molecule has 0 fully saturated rings. The molecule has 2 aromatic carbocycles. The van der Waals surface area contributed by atoms with Crippen molar-refractivity contribution in [3.05, 3.63) is 111 Å². The van der Waals surface area contributed by atoms with Gasteiger partial charge in [0.25, 0.3) is 5.91 Å². The number of nitriles is 1. The van der Waals surface area contributed by atoms with Crippen molar-refractivity contribution < 1.29 is 19.1 Å². The van der Waals surface area contributed by atoms with Gasteiger partial charge in [-0.15, -0.1) is 0 Å². The zero-order chi connectivity index (χ0) is 29.1. The van der Waals surface area contributed by atoms with E-state index in [4.69, 9.17) is 20.2 Å². The molecule has 0 radical (unpaired) electrons. The highest BCUT2D eigenvalue weighted by molar-refractivity contribution is 7.99. The summed E-state index contributed by atoms with van der Waals surface area (Å²) in [5.41, 5.74) is 11.1. The number of carbonyl (C=O) groups excluding carboxylic acids is 2. The van der Waals surface area contributed by atoms with Crippen molar-refractivity contribution in [2.45, 2.75) is 44.7 Å². The summed E-state index contributed by atoms with van der Waals surface area (Å²) in [4.78, 5) is 33.6. The lowest BCUT2D eigenvalue weighted by Gasteiger charge is -2.35. The molecular formula is C32H30N4O4S. The fourth-order valence-electron chi connectivity index (χ4n) is 5.15. The van der Waals surface area contributed by atoms with E-state index in [0.29, 0.717) is 34.2 Å². The van der Waals surface area contributed by atoms with E-state index in [2.05, 4.69) is 6.07 Å². The zero-order valence-corrected chi connectivity index (χ0v) is 24.0. The van der Waals surface area contributed by atoms with Gasteiger partial charge < -0.3 is 15.2 Å². The van der Waals surface area contributed by atoms with E-state index < -0.39 is 17.8 Å². The van der Waals surface area contributed by atoms with Crippen LogP contribution >= 0.6 is 11.8 Å². The molecule has 0 saturated carbocycles. The standard InChI is InChI=1S/C32H30N4O4S/c1-4-25-19(3)14-23-30(35-25)41-18-26-28(32(38)39-5-2)27(24(16-33)29(34)36(26)31(23)37)21-12-9-13-22(15-21)40-17-20-10-7-6-8-11-20/h6-15,27H,4-5,17-18,34H2,1-3H3. The Kier molecular flexibility index (Phi) is 8.13. The topological polar surface area (TPSA) is 119 Å². The average molecular weight is 567 g/mol. The predicted molar refractivity (Wildman–Crippen MR) is 156 cm³/mol. The molecule has 9 heteroatoms. The number of benzene rings is 2. The van der Waals surface area contributed by atoms with Crippen molar-refractivity contribution in [2.75, 3.05) is 12.4 Å². The molecule has 0 spiro atoms. The monoisotopic (exact) mass is 566 g/mol. The molecule has 3 heterocycles. The molecule has 2 aliphatic rings. The Labute approximate surface area is 243 Å². The molecule has 41 heavy (non-hydrogen) atoms. The van der Waals surface area contributed by atoms with Gasteiger partial charge in [0.05, 0.1) is 35.3 Å². The summed E-state index contributed by atoms with van der Waals surface area (Å²) in [6, 6.07) is 21.0. The van der Waals surface area contributed by atoms with Gasteiger partial charge in [0.2, 0.25) is 0 Å². The van der Waals surface area contributed by atoms with Crippen molar-refractivity contribution in [1.82, 2.24) is 9.88 Å². The van der Waals surface area contributed by atoms with E-state index >= 15 is 0 Å². The van der Waals surface area contributed by atoms with Gasteiger partial charge in [-0.3, -0.25) is 9.69 Å². The number of nitrogens with two attached hydrogens (primary N) is 1. The quantitative estimate of drug-likeness (QED) is 0.378. The van der Waals surface area contributed by atoms with Crippen LogP contribution in [0.3, 0.4) is 0 Å². The number of fused-ring (bicyclic) bond motifs is 2. The van der Waals surface area contributed by atoms with E-state index in [1.165, 1.54) is 16.7 Å². The van der Waals surface area contributed by atoms with E-state index in [1.807, 2.05) is 68.4 Å². The molecule has 1 unspecified atom stereocenters. The lowest BCUT2D eigenvalue weighted by atomic mass is 9.81. The lowest BCUT2D eigenvalue weighted by Crippen LogP contribution is -2.41. The zero-order valence-electron chi connectivity index (χ0n) is 23.1. The molecule has 8 nitrogen and oxygen atoms in total. The van der Waals surface area contributed by atoms with Crippen LogP contribution < -0.4 is 10.5 Å². The smallest absolute Gasteiger partial charge is 0.336 e. The highest BCUT2D eigenvalue weighted by atomic mass is 32.2. The van der Waals surface area contributed by atoms with Gasteiger partial charge in [-0.2, -0.15) is 5.26 Å². The Balaban J connectivity index is 1.63. The molecule has 1 amide bonds. The van der Waals surface area contributed by atoms with Gasteiger partial charge in [0.1, 0.15) is 23.2 Å². The van der Waals surface area contributed by atoms with E-state index in [9.17, 15) is 14.9 Å². The SMILES string of the molecule is CCOC(=O)C1=C2CSc3nc(CC)c(C)cc3C(=O)N2C(N)=C(C#N)C1c1cccc(OCc2ccccc2)c1. The van der Waals surface area contributed by atoms with Crippen molar-refractivity contribution >= 4 is 23.6 Å². The van der Waals surface area contributed by atoms with Crippen LogP contribution in [0.15, 0.2) is 88.4 Å². The normalized spacial score (nSPS) is 16.5. The molecule has 0 bridgehead atoms. The van der Waals surface area contributed by atoms with Gasteiger partial charge in [-0.05, 0) is 55.2 Å². The maximum absolute atomic E-state index is 14.0. The van der Waals surface area contributed by atoms with Crippen LogP contribution in [0, 0.1) is 18.3 Å². The number of aryl methyl sites for hydroxylation is 2. The second-order valence-corrected chi connectivity index (χ2v) is 10.6. The van der Waals surface area contributed by atoms with Crippen LogP contribution in [0.25, 0.3) is 0 Å². The second-order valence-electron chi connectivity index (χ2n) is 9.66. The van der Waals surface area contributed by atoms with Gasteiger partial charge in [-0.1, -0.05) is 61.2 Å². The Morgan fingerprint density at radius 2 is 1.95 bits per heavy atom. The minimum atomic E-state index is -0.846.